The van der Waals surface area contributed by atoms with Crippen LogP contribution in [0.5, 0.6) is 0 Å². The zero-order chi connectivity index (χ0) is 34.3. The molecule has 0 unspecified atom stereocenters. The highest BCUT2D eigenvalue weighted by Gasteiger charge is 2.36. The van der Waals surface area contributed by atoms with Gasteiger partial charge in [-0.15, -0.1) is 0 Å². The lowest BCUT2D eigenvalue weighted by molar-refractivity contribution is -0.135. The van der Waals surface area contributed by atoms with Crippen LogP contribution in [0.3, 0.4) is 0 Å². The minimum atomic E-state index is -4.52. The van der Waals surface area contributed by atoms with Crippen LogP contribution in [0.1, 0.15) is 5.56 Å². The smallest absolute Gasteiger partial charge is 0.417 e. The average molecular weight is 665 g/mol. The second kappa shape index (κ2) is 11.1. The summed E-state index contributed by atoms with van der Waals surface area (Å²) in [6, 6.07) is 53.6. The molecule has 10 rings (SSSR count). The molecule has 0 radical (unpaired) electrons. The van der Waals surface area contributed by atoms with E-state index < -0.39 is 11.7 Å². The van der Waals surface area contributed by atoms with Crippen molar-refractivity contribution in [3.8, 4) is 33.4 Å². The van der Waals surface area contributed by atoms with Crippen molar-refractivity contribution in [2.24, 2.45) is 0 Å². The van der Waals surface area contributed by atoms with Gasteiger partial charge in [-0.1, -0.05) is 152 Å². The van der Waals surface area contributed by atoms with Crippen molar-refractivity contribution in [2.75, 3.05) is 0 Å². The summed E-state index contributed by atoms with van der Waals surface area (Å²) in [6.45, 7) is 0. The lowest BCUT2D eigenvalue weighted by Gasteiger charge is -2.18. The van der Waals surface area contributed by atoms with Gasteiger partial charge in [0.25, 0.3) is 0 Å². The Hall–Kier alpha value is -6.39. The zero-order valence-corrected chi connectivity index (χ0v) is 27.1. The molecule has 0 aliphatic rings. The molecule has 1 nitrogen and oxygen atoms in total. The molecule has 0 spiro atoms. The maximum absolute atomic E-state index is 14.6. The van der Waals surface area contributed by atoms with Crippen molar-refractivity contribution >= 4 is 65.0 Å². The standard InChI is InChI=1S/C47H27F3O/c48-47(49,50)45-37-21-10-8-19-35(37)44(36-20-9-11-22-38(36)45)40-24-12-23-39-30-26-25-29(27-41(30)51-46(39)40)43-33-17-6-4-15-31(33)42(28-13-2-1-3-14-28)32-16-5-7-18-34(32)43/h1-27H. The van der Waals surface area contributed by atoms with E-state index in [0.717, 1.165) is 49.4 Å². The van der Waals surface area contributed by atoms with Crippen LogP contribution >= 0.6 is 0 Å². The van der Waals surface area contributed by atoms with Gasteiger partial charge in [0.1, 0.15) is 11.2 Å². The number of halogens is 3. The summed E-state index contributed by atoms with van der Waals surface area (Å²) >= 11 is 0. The predicted octanol–water partition coefficient (Wildman–Crippen LogP) is 14.2. The summed E-state index contributed by atoms with van der Waals surface area (Å²) in [4.78, 5) is 0. The molecule has 10 aromatic rings. The third kappa shape index (κ3) is 4.43. The van der Waals surface area contributed by atoms with E-state index in [9.17, 15) is 13.2 Å². The van der Waals surface area contributed by atoms with Crippen molar-refractivity contribution in [3.05, 3.63) is 169 Å². The van der Waals surface area contributed by atoms with Crippen molar-refractivity contribution in [1.29, 1.82) is 0 Å². The topological polar surface area (TPSA) is 13.1 Å². The fourth-order valence-electron chi connectivity index (χ4n) is 8.23. The van der Waals surface area contributed by atoms with Crippen LogP contribution in [-0.4, -0.2) is 0 Å². The summed E-state index contributed by atoms with van der Waals surface area (Å²) in [5, 5.41) is 7.92. The Morgan fingerprint density at radius 1 is 0.353 bits per heavy atom. The molecule has 0 aliphatic carbocycles. The van der Waals surface area contributed by atoms with Crippen LogP contribution < -0.4 is 0 Å². The zero-order valence-electron chi connectivity index (χ0n) is 27.1. The van der Waals surface area contributed by atoms with E-state index in [0.29, 0.717) is 16.4 Å². The van der Waals surface area contributed by atoms with Gasteiger partial charge in [0.15, 0.2) is 0 Å². The molecule has 242 valence electrons. The molecular formula is C47H27F3O. The molecule has 0 saturated heterocycles. The number of rotatable bonds is 3. The number of furan rings is 1. The molecule has 0 aliphatic heterocycles. The van der Waals surface area contributed by atoms with Crippen LogP contribution in [0.4, 0.5) is 13.2 Å². The highest BCUT2D eigenvalue weighted by molar-refractivity contribution is 6.23. The van der Waals surface area contributed by atoms with Gasteiger partial charge in [0, 0.05) is 21.9 Å². The minimum Gasteiger partial charge on any atom is -0.455 e. The van der Waals surface area contributed by atoms with E-state index in [-0.39, 0.29) is 10.8 Å². The number of fused-ring (bicyclic) bond motifs is 7. The van der Waals surface area contributed by atoms with Crippen LogP contribution in [0.15, 0.2) is 168 Å². The summed E-state index contributed by atoms with van der Waals surface area (Å²) < 4.78 is 50.7. The lowest BCUT2D eigenvalue weighted by Crippen LogP contribution is -2.07. The number of hydrogen-bond acceptors (Lipinski definition) is 1. The van der Waals surface area contributed by atoms with Gasteiger partial charge < -0.3 is 4.42 Å². The van der Waals surface area contributed by atoms with Crippen molar-refractivity contribution in [1.82, 2.24) is 0 Å². The molecule has 0 bridgehead atoms. The molecule has 9 aromatic carbocycles. The second-order valence-electron chi connectivity index (χ2n) is 13.0. The molecule has 0 N–H and O–H groups in total. The van der Waals surface area contributed by atoms with Gasteiger partial charge in [-0.25, -0.2) is 0 Å². The Morgan fingerprint density at radius 2 is 0.804 bits per heavy atom. The fourth-order valence-corrected chi connectivity index (χ4v) is 8.23. The van der Waals surface area contributed by atoms with E-state index in [4.69, 9.17) is 4.42 Å². The van der Waals surface area contributed by atoms with E-state index in [1.165, 1.54) is 21.9 Å². The monoisotopic (exact) mass is 664 g/mol. The van der Waals surface area contributed by atoms with Crippen LogP contribution in [0.25, 0.3) is 98.4 Å². The third-order valence-corrected chi connectivity index (χ3v) is 10.3. The van der Waals surface area contributed by atoms with E-state index in [2.05, 4.69) is 91.0 Å². The first-order valence-corrected chi connectivity index (χ1v) is 16.9. The van der Waals surface area contributed by atoms with Gasteiger partial charge >= 0.3 is 6.18 Å². The molecular weight excluding hydrogens is 638 g/mol. The minimum absolute atomic E-state index is 0.173. The van der Waals surface area contributed by atoms with Gasteiger partial charge in [-0.2, -0.15) is 13.2 Å². The molecule has 0 fully saturated rings. The SMILES string of the molecule is FC(F)(F)c1c2ccccc2c(-c2cccc3c2oc2cc(-c4c5ccccc5c(-c5ccccc5)c5ccccc45)ccc23)c2ccccc12. The molecule has 1 heterocycles. The summed E-state index contributed by atoms with van der Waals surface area (Å²) in [5.41, 5.74) is 6.77. The average Bonchev–Trinajstić information content (AvgIpc) is 3.54. The number of para-hydroxylation sites is 1. The van der Waals surface area contributed by atoms with E-state index >= 15 is 0 Å². The molecule has 51 heavy (non-hydrogen) atoms. The van der Waals surface area contributed by atoms with Crippen LogP contribution in [-0.2, 0) is 6.18 Å². The Labute approximate surface area is 290 Å². The molecule has 0 atom stereocenters. The highest BCUT2D eigenvalue weighted by atomic mass is 19.4. The van der Waals surface area contributed by atoms with Crippen molar-refractivity contribution in [3.63, 3.8) is 0 Å². The highest BCUT2D eigenvalue weighted by Crippen LogP contribution is 2.49. The first kappa shape index (κ1) is 29.5. The van der Waals surface area contributed by atoms with Crippen LogP contribution in [0.2, 0.25) is 0 Å². The van der Waals surface area contributed by atoms with E-state index in [1.54, 1.807) is 48.5 Å². The number of benzene rings is 9. The normalized spacial score (nSPS) is 12.2. The number of hydrogen-bond donors (Lipinski definition) is 0. The van der Waals surface area contributed by atoms with E-state index in [1.807, 2.05) is 24.3 Å². The number of alkyl halides is 3. The molecule has 4 heteroatoms. The maximum Gasteiger partial charge on any atom is 0.417 e. The first-order chi connectivity index (χ1) is 25.0. The van der Waals surface area contributed by atoms with Crippen molar-refractivity contribution < 1.29 is 17.6 Å². The third-order valence-electron chi connectivity index (χ3n) is 10.3. The Balaban J connectivity index is 1.25. The quantitative estimate of drug-likeness (QED) is 0.171. The second-order valence-corrected chi connectivity index (χ2v) is 13.0. The van der Waals surface area contributed by atoms with Crippen LogP contribution in [0, 0.1) is 0 Å². The lowest BCUT2D eigenvalue weighted by atomic mass is 9.86. The van der Waals surface area contributed by atoms with Crippen molar-refractivity contribution in [2.45, 2.75) is 6.18 Å². The predicted molar refractivity (Wildman–Crippen MR) is 205 cm³/mol. The van der Waals surface area contributed by atoms with Gasteiger partial charge in [-0.05, 0) is 77.5 Å². The summed E-state index contributed by atoms with van der Waals surface area (Å²) in [5.74, 6) is 0. The van der Waals surface area contributed by atoms with Gasteiger partial charge in [0.05, 0.1) is 5.56 Å². The van der Waals surface area contributed by atoms with Gasteiger partial charge in [-0.3, -0.25) is 0 Å². The summed E-state index contributed by atoms with van der Waals surface area (Å²) in [6.07, 6.45) is -4.52. The molecule has 0 amide bonds. The molecule has 1 aromatic heterocycles. The Bertz CT molecular complexity index is 2890. The largest absolute Gasteiger partial charge is 0.455 e. The Kier molecular flexibility index (Phi) is 6.40. The van der Waals surface area contributed by atoms with Gasteiger partial charge in [0.2, 0.25) is 0 Å². The molecule has 0 saturated carbocycles. The maximum atomic E-state index is 14.6. The summed E-state index contributed by atoms with van der Waals surface area (Å²) in [7, 11) is 0. The Morgan fingerprint density at radius 3 is 1.33 bits per heavy atom. The first-order valence-electron chi connectivity index (χ1n) is 16.9. The fraction of sp³-hybridized carbons (Fsp3) is 0.0213.